The zero-order valence-corrected chi connectivity index (χ0v) is 14.0. The molecular formula is C13H14Br2N2S. The average Bonchev–Trinajstić information content (AvgIpc) is 2.61. The maximum atomic E-state index is 5.84. The fourth-order valence-electron chi connectivity index (χ4n) is 1.87. The van der Waals surface area contributed by atoms with Crippen LogP contribution in [0.3, 0.4) is 0 Å². The Morgan fingerprint density at radius 1 is 1.11 bits per heavy atom. The van der Waals surface area contributed by atoms with Crippen molar-refractivity contribution in [1.29, 1.82) is 0 Å². The van der Waals surface area contributed by atoms with Gasteiger partial charge in [-0.3, -0.25) is 4.90 Å². The van der Waals surface area contributed by atoms with Gasteiger partial charge >= 0.3 is 0 Å². The zero-order chi connectivity index (χ0) is 13.1. The summed E-state index contributed by atoms with van der Waals surface area (Å²) in [6.45, 7) is 1.83. The molecule has 0 saturated carbocycles. The molecule has 0 spiro atoms. The molecule has 5 heteroatoms. The third kappa shape index (κ3) is 4.09. The minimum absolute atomic E-state index is 0.797. The molecule has 0 amide bonds. The summed E-state index contributed by atoms with van der Waals surface area (Å²) in [6.07, 6.45) is 0. The summed E-state index contributed by atoms with van der Waals surface area (Å²) in [5.74, 6) is 0. The monoisotopic (exact) mass is 388 g/mol. The molecule has 0 aliphatic carbocycles. The van der Waals surface area contributed by atoms with Gasteiger partial charge in [-0.1, -0.05) is 15.9 Å². The summed E-state index contributed by atoms with van der Waals surface area (Å²) in [4.78, 5) is 2.27. The highest BCUT2D eigenvalue weighted by Gasteiger charge is 2.05. The predicted molar refractivity (Wildman–Crippen MR) is 85.7 cm³/mol. The maximum Gasteiger partial charge on any atom is 0.0701 e. The molecule has 1 heterocycles. The van der Waals surface area contributed by atoms with Crippen LogP contribution in [0.25, 0.3) is 0 Å². The Bertz CT molecular complexity index is 519. The van der Waals surface area contributed by atoms with Gasteiger partial charge in [0.1, 0.15) is 0 Å². The van der Waals surface area contributed by atoms with E-state index in [9.17, 15) is 0 Å². The highest BCUT2D eigenvalue weighted by atomic mass is 79.9. The van der Waals surface area contributed by atoms with Crippen molar-refractivity contribution >= 4 is 48.9 Å². The minimum Gasteiger partial charge on any atom is -0.399 e. The van der Waals surface area contributed by atoms with Crippen LogP contribution in [0.4, 0.5) is 5.69 Å². The van der Waals surface area contributed by atoms with Crippen LogP contribution >= 0.6 is 43.2 Å². The van der Waals surface area contributed by atoms with Gasteiger partial charge in [-0.15, -0.1) is 11.3 Å². The highest BCUT2D eigenvalue weighted by molar-refractivity contribution is 9.11. The van der Waals surface area contributed by atoms with E-state index < -0.39 is 0 Å². The van der Waals surface area contributed by atoms with Gasteiger partial charge < -0.3 is 5.73 Å². The van der Waals surface area contributed by atoms with Crippen LogP contribution in [0.1, 0.15) is 11.1 Å². The Kier molecular flexibility index (Phi) is 4.84. The number of halogens is 2. The molecular weight excluding hydrogens is 376 g/mol. The molecule has 0 radical (unpaired) electrons. The van der Waals surface area contributed by atoms with Crippen molar-refractivity contribution in [2.75, 3.05) is 12.8 Å². The first-order chi connectivity index (χ1) is 8.52. The number of rotatable bonds is 4. The number of anilines is 1. The first kappa shape index (κ1) is 14.1. The highest BCUT2D eigenvalue weighted by Crippen LogP contribution is 2.23. The van der Waals surface area contributed by atoms with E-state index in [1.807, 2.05) is 12.1 Å². The summed E-state index contributed by atoms with van der Waals surface area (Å²) >= 11 is 8.68. The van der Waals surface area contributed by atoms with Gasteiger partial charge in [0.05, 0.1) is 3.79 Å². The molecule has 2 N–H and O–H groups in total. The lowest BCUT2D eigenvalue weighted by Gasteiger charge is -2.16. The van der Waals surface area contributed by atoms with Gasteiger partial charge in [-0.25, -0.2) is 0 Å². The second kappa shape index (κ2) is 6.19. The number of hydrogen-bond acceptors (Lipinski definition) is 3. The molecule has 2 nitrogen and oxygen atoms in total. The fourth-order valence-corrected chi connectivity index (χ4v) is 3.63. The van der Waals surface area contributed by atoms with Crippen molar-refractivity contribution in [3.05, 3.63) is 49.0 Å². The summed E-state index contributed by atoms with van der Waals surface area (Å²) in [5.41, 5.74) is 9.19. The molecule has 0 fully saturated rings. The number of nitrogens with two attached hydrogens (primary N) is 1. The molecule has 96 valence electrons. The van der Waals surface area contributed by atoms with E-state index in [1.54, 1.807) is 11.3 Å². The van der Waals surface area contributed by atoms with Crippen molar-refractivity contribution in [1.82, 2.24) is 4.90 Å². The zero-order valence-electron chi connectivity index (χ0n) is 9.99. The van der Waals surface area contributed by atoms with E-state index in [0.29, 0.717) is 0 Å². The molecule has 0 aliphatic rings. The molecule has 0 saturated heterocycles. The predicted octanol–water partition coefficient (Wildman–Crippen LogP) is 4.49. The third-order valence-corrected chi connectivity index (χ3v) is 4.52. The molecule has 1 aromatic heterocycles. The molecule has 0 atom stereocenters. The third-order valence-electron chi connectivity index (χ3n) is 2.51. The molecule has 18 heavy (non-hydrogen) atoms. The van der Waals surface area contributed by atoms with Crippen molar-refractivity contribution in [3.8, 4) is 0 Å². The first-order valence-electron chi connectivity index (χ1n) is 5.49. The molecule has 1 aromatic carbocycles. The van der Waals surface area contributed by atoms with Crippen LogP contribution in [-0.2, 0) is 13.1 Å². The molecule has 2 aromatic rings. The van der Waals surface area contributed by atoms with E-state index in [4.69, 9.17) is 5.73 Å². The topological polar surface area (TPSA) is 29.3 Å². The van der Waals surface area contributed by atoms with Crippen LogP contribution in [0.15, 0.2) is 37.9 Å². The summed E-state index contributed by atoms with van der Waals surface area (Å²) in [5, 5.41) is 2.18. The Labute approximate surface area is 128 Å². The van der Waals surface area contributed by atoms with Crippen molar-refractivity contribution < 1.29 is 0 Å². The number of thiophene rings is 1. The van der Waals surface area contributed by atoms with Gasteiger partial charge in [0.2, 0.25) is 0 Å². The Morgan fingerprint density at radius 2 is 1.83 bits per heavy atom. The van der Waals surface area contributed by atoms with Crippen molar-refractivity contribution in [2.24, 2.45) is 0 Å². The number of nitrogen functional groups attached to an aromatic ring is 1. The second-order valence-corrected chi connectivity index (χ2v) is 7.53. The van der Waals surface area contributed by atoms with Gasteiger partial charge in [-0.05, 0) is 63.8 Å². The van der Waals surface area contributed by atoms with Gasteiger partial charge in [0.15, 0.2) is 0 Å². The Balaban J connectivity index is 2.00. The smallest absolute Gasteiger partial charge is 0.0701 e. The van der Waals surface area contributed by atoms with E-state index in [0.717, 1.165) is 23.2 Å². The number of hydrogen-bond donors (Lipinski definition) is 1. The van der Waals surface area contributed by atoms with Gasteiger partial charge in [0.25, 0.3) is 0 Å². The van der Waals surface area contributed by atoms with E-state index in [1.165, 1.54) is 14.9 Å². The van der Waals surface area contributed by atoms with Crippen LogP contribution in [0.2, 0.25) is 0 Å². The second-order valence-electron chi connectivity index (χ2n) is 4.32. The normalized spacial score (nSPS) is 11.1. The standard InChI is InChI=1S/C13H14Br2N2S/c1-17(7-10-4-13(15)18-8-10)6-9-2-11(14)5-12(16)3-9/h2-5,8H,6-7,16H2,1H3. The van der Waals surface area contributed by atoms with Crippen LogP contribution in [0.5, 0.6) is 0 Å². The largest absolute Gasteiger partial charge is 0.399 e. The quantitative estimate of drug-likeness (QED) is 0.780. The van der Waals surface area contributed by atoms with E-state index >= 15 is 0 Å². The van der Waals surface area contributed by atoms with E-state index in [-0.39, 0.29) is 0 Å². The summed E-state index contributed by atoms with van der Waals surface area (Å²) in [6, 6.07) is 8.21. The lowest BCUT2D eigenvalue weighted by Crippen LogP contribution is -2.16. The molecule has 0 unspecified atom stereocenters. The molecule has 2 rings (SSSR count). The summed E-state index contributed by atoms with van der Waals surface area (Å²) < 4.78 is 2.21. The number of nitrogens with zero attached hydrogens (tertiary/aromatic N) is 1. The minimum atomic E-state index is 0.797. The summed E-state index contributed by atoms with van der Waals surface area (Å²) in [7, 11) is 2.11. The van der Waals surface area contributed by atoms with Crippen molar-refractivity contribution in [3.63, 3.8) is 0 Å². The maximum absolute atomic E-state index is 5.84. The SMILES string of the molecule is CN(Cc1cc(N)cc(Br)c1)Cc1csc(Br)c1. The Morgan fingerprint density at radius 3 is 2.44 bits per heavy atom. The Hall–Kier alpha value is -0.360. The lowest BCUT2D eigenvalue weighted by atomic mass is 10.2. The molecule has 0 aliphatic heterocycles. The number of benzene rings is 1. The average molecular weight is 390 g/mol. The van der Waals surface area contributed by atoms with Crippen LogP contribution in [0, 0.1) is 0 Å². The fraction of sp³-hybridized carbons (Fsp3) is 0.231. The van der Waals surface area contributed by atoms with Crippen LogP contribution in [-0.4, -0.2) is 11.9 Å². The van der Waals surface area contributed by atoms with Gasteiger partial charge in [-0.2, -0.15) is 0 Å². The van der Waals surface area contributed by atoms with Crippen LogP contribution < -0.4 is 5.73 Å². The lowest BCUT2D eigenvalue weighted by molar-refractivity contribution is 0.319. The molecule has 0 bridgehead atoms. The van der Waals surface area contributed by atoms with Crippen molar-refractivity contribution in [2.45, 2.75) is 13.1 Å². The van der Waals surface area contributed by atoms with E-state index in [2.05, 4.69) is 61.3 Å². The first-order valence-corrected chi connectivity index (χ1v) is 7.96. The van der Waals surface area contributed by atoms with Gasteiger partial charge in [0, 0.05) is 23.2 Å².